The number of carbonyl (C=O) groups excluding carboxylic acids is 2. The van der Waals surface area contributed by atoms with Crippen LogP contribution in [-0.2, 0) is 48.0 Å². The number of hydrogen-bond acceptors (Lipinski definition) is 10. The average Bonchev–Trinajstić information content (AvgIpc) is 3.15. The van der Waals surface area contributed by atoms with Crippen molar-refractivity contribution in [3.8, 4) is 0 Å². The largest absolute Gasteiger partial charge is 0.481 e. The predicted octanol–water partition coefficient (Wildman–Crippen LogP) is 2.92. The fourth-order valence-electron chi connectivity index (χ4n) is 4.96. The number of nitrogens with two attached hydrogens (primary N) is 2. The first kappa shape index (κ1) is 47.9. The van der Waals surface area contributed by atoms with Gasteiger partial charge in [-0.25, -0.2) is 4.79 Å². The van der Waals surface area contributed by atoms with E-state index in [-0.39, 0.29) is 24.9 Å². The first-order chi connectivity index (χ1) is 26.1. The third kappa shape index (κ3) is 22.6. The number of carboxylic acids is 3. The van der Waals surface area contributed by atoms with E-state index in [4.69, 9.17) is 26.4 Å². The van der Waals surface area contributed by atoms with Gasteiger partial charge in [0.15, 0.2) is 0 Å². The van der Waals surface area contributed by atoms with E-state index in [1.54, 1.807) is 7.05 Å². The number of ether oxygens (including phenoxy) is 1. The molecular weight excluding hydrogens is 706 g/mol. The highest BCUT2D eigenvalue weighted by atomic mass is 16.5. The van der Waals surface area contributed by atoms with E-state index < -0.39 is 48.4 Å². The van der Waals surface area contributed by atoms with Crippen LogP contribution in [0.1, 0.15) is 43.4 Å². The Morgan fingerprint density at radius 1 is 0.764 bits per heavy atom. The number of nitrogens with one attached hydrogen (secondary N) is 1. The number of aliphatic carboxylic acids is 3. The number of nitrogens with zero attached hydrogens (tertiary/aromatic N) is 2. The molecule has 302 valence electrons. The smallest absolute Gasteiger partial charge is 0.326 e. The van der Waals surface area contributed by atoms with Crippen molar-refractivity contribution >= 4 is 29.8 Å². The van der Waals surface area contributed by atoms with Crippen molar-refractivity contribution in [1.29, 1.82) is 0 Å². The van der Waals surface area contributed by atoms with Crippen molar-refractivity contribution in [2.45, 2.75) is 64.1 Å². The highest BCUT2D eigenvalue weighted by Crippen LogP contribution is 2.13. The Balaban J connectivity index is 0.000000385. The topological polar surface area (TPSA) is 226 Å². The van der Waals surface area contributed by atoms with Crippen LogP contribution in [0.25, 0.3) is 0 Å². The molecule has 3 aromatic carbocycles. The number of rotatable bonds is 15. The second kappa shape index (κ2) is 27.4. The molecule has 4 rings (SSSR count). The van der Waals surface area contributed by atoms with E-state index >= 15 is 0 Å². The number of piperazine rings is 1. The van der Waals surface area contributed by atoms with Crippen LogP contribution >= 0.6 is 0 Å². The zero-order chi connectivity index (χ0) is 41.2. The molecule has 3 aromatic rings. The highest BCUT2D eigenvalue weighted by molar-refractivity contribution is 5.84. The first-order valence-electron chi connectivity index (χ1n) is 18.2. The lowest BCUT2D eigenvalue weighted by Crippen LogP contribution is -2.43. The van der Waals surface area contributed by atoms with Gasteiger partial charge in [0.1, 0.15) is 18.1 Å². The Labute approximate surface area is 324 Å². The second-order valence-electron chi connectivity index (χ2n) is 13.4. The highest BCUT2D eigenvalue weighted by Gasteiger charge is 2.27. The summed E-state index contributed by atoms with van der Waals surface area (Å²) in [5.41, 5.74) is 13.6. The molecule has 0 aliphatic carbocycles. The van der Waals surface area contributed by atoms with Gasteiger partial charge in [0.05, 0.1) is 19.4 Å². The maximum Gasteiger partial charge on any atom is 0.326 e. The van der Waals surface area contributed by atoms with Crippen molar-refractivity contribution in [3.05, 3.63) is 108 Å². The van der Waals surface area contributed by atoms with E-state index in [2.05, 4.69) is 17.3 Å². The SMILES string of the molecule is CC(C)CC(C(=O)O)N(C)C(=O)Cc1ccccc1.CN1CCNCC1.NC(CC(=O)O)C(=O)OCCc1ccccc1.NC(Cc1ccccc1)C(=O)O. The van der Waals surface area contributed by atoms with E-state index in [1.165, 1.54) is 18.0 Å². The van der Waals surface area contributed by atoms with Crippen molar-refractivity contribution in [2.24, 2.45) is 17.4 Å². The quantitative estimate of drug-likeness (QED) is 0.123. The van der Waals surface area contributed by atoms with Gasteiger partial charge in [-0.3, -0.25) is 19.2 Å². The van der Waals surface area contributed by atoms with Gasteiger partial charge in [0.2, 0.25) is 5.91 Å². The molecule has 0 spiro atoms. The zero-order valence-electron chi connectivity index (χ0n) is 32.4. The van der Waals surface area contributed by atoms with Crippen LogP contribution in [0.3, 0.4) is 0 Å². The standard InChI is InChI=1S/C15H21NO3.C12H15NO4.C9H11NO2.C5H12N2/c1-11(2)9-13(15(18)19)16(3)14(17)10-12-7-5-4-6-8-12;13-10(8-11(14)15)12(16)17-7-6-9-4-2-1-3-5-9;10-8(9(11)12)6-7-4-2-1-3-5-7;1-7-4-2-6-3-5-7/h4-8,11,13H,9-10H2,1-3H3,(H,18,19);1-5,10H,6-8,13H2,(H,14,15);1-5,8H,6,10H2,(H,11,12);6H,2-5H2,1H3. The van der Waals surface area contributed by atoms with Crippen molar-refractivity contribution in [3.63, 3.8) is 0 Å². The number of esters is 1. The Morgan fingerprint density at radius 3 is 1.67 bits per heavy atom. The van der Waals surface area contributed by atoms with E-state index in [0.717, 1.165) is 29.8 Å². The van der Waals surface area contributed by atoms with Gasteiger partial charge in [-0.05, 0) is 42.5 Å². The van der Waals surface area contributed by atoms with Gasteiger partial charge >= 0.3 is 23.9 Å². The van der Waals surface area contributed by atoms with Crippen LogP contribution in [0.2, 0.25) is 0 Å². The van der Waals surface area contributed by atoms with Crippen LogP contribution in [0.4, 0.5) is 0 Å². The zero-order valence-corrected chi connectivity index (χ0v) is 32.4. The lowest BCUT2D eigenvalue weighted by atomic mass is 10.0. The first-order valence-corrected chi connectivity index (χ1v) is 18.2. The average molecular weight is 766 g/mol. The van der Waals surface area contributed by atoms with E-state index in [9.17, 15) is 29.1 Å². The van der Waals surface area contributed by atoms with Gasteiger partial charge < -0.3 is 46.6 Å². The molecule has 0 aromatic heterocycles. The van der Waals surface area contributed by atoms with Gasteiger partial charge in [0, 0.05) is 39.6 Å². The number of carbonyl (C=O) groups is 5. The number of hydrogen-bond donors (Lipinski definition) is 6. The van der Waals surface area contributed by atoms with Gasteiger partial charge in [-0.15, -0.1) is 0 Å². The van der Waals surface area contributed by atoms with Crippen LogP contribution in [0, 0.1) is 5.92 Å². The molecule has 1 amide bonds. The van der Waals surface area contributed by atoms with Crippen LogP contribution in [0.5, 0.6) is 0 Å². The Hall–Kier alpha value is -5.15. The molecule has 55 heavy (non-hydrogen) atoms. The monoisotopic (exact) mass is 765 g/mol. The fraction of sp³-hybridized carbons (Fsp3) is 0.439. The van der Waals surface area contributed by atoms with Crippen LogP contribution < -0.4 is 16.8 Å². The minimum Gasteiger partial charge on any atom is -0.481 e. The third-order valence-electron chi connectivity index (χ3n) is 8.17. The number of carboxylic acid groups (broad SMARTS) is 3. The summed E-state index contributed by atoms with van der Waals surface area (Å²) in [4.78, 5) is 59.0. The molecule has 8 N–H and O–H groups in total. The van der Waals surface area contributed by atoms with Gasteiger partial charge in [0.25, 0.3) is 0 Å². The number of likely N-dealkylation sites (N-methyl/N-ethyl adjacent to an activating group) is 2. The molecule has 14 nitrogen and oxygen atoms in total. The summed E-state index contributed by atoms with van der Waals surface area (Å²) in [6, 6.07) is 25.6. The van der Waals surface area contributed by atoms with Gasteiger partial charge in [-0.2, -0.15) is 0 Å². The second-order valence-corrected chi connectivity index (χ2v) is 13.4. The summed E-state index contributed by atoms with van der Waals surface area (Å²) < 4.78 is 4.88. The molecule has 1 fully saturated rings. The van der Waals surface area contributed by atoms with Crippen LogP contribution in [0.15, 0.2) is 91.0 Å². The third-order valence-corrected chi connectivity index (χ3v) is 8.17. The van der Waals surface area contributed by atoms with Crippen molar-refractivity contribution in [2.75, 3.05) is 46.9 Å². The summed E-state index contributed by atoms with van der Waals surface area (Å²) in [5, 5.41) is 29.5. The predicted molar refractivity (Wildman–Crippen MR) is 211 cm³/mol. The molecule has 3 atom stereocenters. The van der Waals surface area contributed by atoms with Crippen LogP contribution in [-0.4, -0.2) is 120 Å². The Morgan fingerprint density at radius 2 is 1.25 bits per heavy atom. The minimum absolute atomic E-state index is 0.167. The van der Waals surface area contributed by atoms with E-state index in [1.807, 2.05) is 105 Å². The molecule has 1 aliphatic heterocycles. The number of amides is 1. The molecule has 3 unspecified atom stereocenters. The Kier molecular flexibility index (Phi) is 23.9. The molecule has 0 radical (unpaired) electrons. The summed E-state index contributed by atoms with van der Waals surface area (Å²) in [5.74, 6) is -3.63. The van der Waals surface area contributed by atoms with Crippen molar-refractivity contribution < 1.29 is 44.0 Å². The lowest BCUT2D eigenvalue weighted by Gasteiger charge is -2.26. The minimum atomic E-state index is -1.11. The van der Waals surface area contributed by atoms with Gasteiger partial charge in [-0.1, -0.05) is 105 Å². The fourth-order valence-corrected chi connectivity index (χ4v) is 4.96. The summed E-state index contributed by atoms with van der Waals surface area (Å²) in [7, 11) is 3.72. The molecule has 14 heteroatoms. The lowest BCUT2D eigenvalue weighted by molar-refractivity contribution is -0.149. The molecular formula is C41H59N5O9. The molecule has 1 heterocycles. The number of benzene rings is 3. The normalized spacial score (nSPS) is 13.8. The summed E-state index contributed by atoms with van der Waals surface area (Å²) >= 11 is 0. The Bertz CT molecular complexity index is 1540. The van der Waals surface area contributed by atoms with E-state index in [0.29, 0.717) is 19.3 Å². The maximum absolute atomic E-state index is 12.1. The molecule has 0 bridgehead atoms. The molecule has 0 saturated carbocycles. The van der Waals surface area contributed by atoms with Crippen molar-refractivity contribution in [1.82, 2.24) is 15.1 Å². The summed E-state index contributed by atoms with van der Waals surface area (Å²) in [6.07, 6.45) is 1.26. The molecule has 1 aliphatic rings. The maximum atomic E-state index is 12.1. The molecule has 1 saturated heterocycles. The summed E-state index contributed by atoms with van der Waals surface area (Å²) in [6.45, 7) is 8.85.